The fourth-order valence-corrected chi connectivity index (χ4v) is 5.10. The lowest BCUT2D eigenvalue weighted by Crippen LogP contribution is -2.48. The molecule has 3 rings (SSSR count). The predicted octanol–water partition coefficient (Wildman–Crippen LogP) is 5.68. The molecular weight excluding hydrogens is 308 g/mol. The smallest absolute Gasteiger partial charge is 0.123 e. The van der Waals surface area contributed by atoms with Crippen LogP contribution in [0.4, 0.5) is 0 Å². The third kappa shape index (κ3) is 3.03. The van der Waals surface area contributed by atoms with Gasteiger partial charge in [0.05, 0.1) is 6.61 Å². The van der Waals surface area contributed by atoms with Gasteiger partial charge in [-0.3, -0.25) is 0 Å². The van der Waals surface area contributed by atoms with Crippen LogP contribution in [0.1, 0.15) is 82.9 Å². The van der Waals surface area contributed by atoms with Crippen LogP contribution in [0.3, 0.4) is 0 Å². The van der Waals surface area contributed by atoms with Crippen molar-refractivity contribution in [2.45, 2.75) is 71.6 Å². The molecule has 0 radical (unpaired) electrons. The largest absolute Gasteiger partial charge is 0.493 e. The van der Waals surface area contributed by atoms with Crippen LogP contribution >= 0.6 is 0 Å². The molecule has 3 atom stereocenters. The minimum Gasteiger partial charge on any atom is -0.493 e. The number of aliphatic hydroxyl groups is 1. The number of allylic oxidation sites excluding steroid dienone is 1. The molecule has 0 saturated heterocycles. The Labute approximate surface area is 153 Å². The van der Waals surface area contributed by atoms with Gasteiger partial charge in [-0.1, -0.05) is 53.2 Å². The van der Waals surface area contributed by atoms with Gasteiger partial charge in [0.25, 0.3) is 0 Å². The van der Waals surface area contributed by atoms with Gasteiger partial charge in [0.1, 0.15) is 5.75 Å². The molecule has 2 aliphatic carbocycles. The highest BCUT2D eigenvalue weighted by molar-refractivity contribution is 5.64. The van der Waals surface area contributed by atoms with Gasteiger partial charge in [-0.25, -0.2) is 0 Å². The summed E-state index contributed by atoms with van der Waals surface area (Å²) in [5.41, 5.74) is 4.12. The van der Waals surface area contributed by atoms with Crippen LogP contribution in [-0.2, 0) is 5.41 Å². The molecule has 0 aromatic heterocycles. The standard InChI is InChI=1S/C23H34O2/c1-6-12-25-20-14-19-17(13-18(20)16(2)3)8-9-21-22(4,15-24)10-7-11-23(19,21)5/h8-9,13-14,16,21,24H,6-7,10-12,15H2,1-5H3/t21?,22-,23-/m1/s1. The maximum atomic E-state index is 10.1. The van der Waals surface area contributed by atoms with E-state index in [1.165, 1.54) is 29.5 Å². The van der Waals surface area contributed by atoms with Gasteiger partial charge in [0.2, 0.25) is 0 Å². The lowest BCUT2D eigenvalue weighted by atomic mass is 9.52. The molecule has 0 heterocycles. The zero-order valence-corrected chi connectivity index (χ0v) is 16.6. The molecule has 2 nitrogen and oxygen atoms in total. The highest BCUT2D eigenvalue weighted by atomic mass is 16.5. The van der Waals surface area contributed by atoms with Crippen molar-refractivity contribution in [1.82, 2.24) is 0 Å². The number of ether oxygens (including phenoxy) is 1. The van der Waals surface area contributed by atoms with Crippen LogP contribution in [0.5, 0.6) is 5.75 Å². The van der Waals surface area contributed by atoms with Gasteiger partial charge in [0.15, 0.2) is 0 Å². The summed E-state index contributed by atoms with van der Waals surface area (Å²) in [6.07, 6.45) is 9.14. The molecule has 1 unspecified atom stereocenters. The zero-order chi connectivity index (χ0) is 18.2. The van der Waals surface area contributed by atoms with Crippen molar-refractivity contribution in [1.29, 1.82) is 0 Å². The number of aliphatic hydroxyl groups excluding tert-OH is 1. The van der Waals surface area contributed by atoms with Gasteiger partial charge in [-0.05, 0) is 65.3 Å². The first-order chi connectivity index (χ1) is 11.9. The Kier molecular flexibility index (Phi) is 5.03. The van der Waals surface area contributed by atoms with Crippen LogP contribution in [0.2, 0.25) is 0 Å². The average Bonchev–Trinajstić information content (AvgIpc) is 2.59. The molecule has 2 heteroatoms. The topological polar surface area (TPSA) is 29.5 Å². The Balaban J connectivity index is 2.11. The fourth-order valence-electron chi connectivity index (χ4n) is 5.10. The van der Waals surface area contributed by atoms with Gasteiger partial charge in [-0.2, -0.15) is 0 Å². The Bertz CT molecular complexity index is 660. The molecule has 0 bridgehead atoms. The summed E-state index contributed by atoms with van der Waals surface area (Å²) in [6.45, 7) is 12.3. The maximum absolute atomic E-state index is 10.1. The number of hydrogen-bond acceptors (Lipinski definition) is 2. The van der Waals surface area contributed by atoms with Crippen molar-refractivity contribution < 1.29 is 9.84 Å². The van der Waals surface area contributed by atoms with Gasteiger partial charge >= 0.3 is 0 Å². The molecule has 1 saturated carbocycles. The van der Waals surface area contributed by atoms with E-state index in [0.717, 1.165) is 25.2 Å². The molecule has 0 amide bonds. The van der Waals surface area contributed by atoms with E-state index in [-0.39, 0.29) is 17.4 Å². The van der Waals surface area contributed by atoms with Crippen LogP contribution < -0.4 is 4.74 Å². The van der Waals surface area contributed by atoms with Crippen LogP contribution in [0, 0.1) is 11.3 Å². The molecule has 0 aliphatic heterocycles. The third-order valence-corrected chi connectivity index (χ3v) is 6.59. The summed E-state index contributed by atoms with van der Waals surface area (Å²) >= 11 is 0. The van der Waals surface area contributed by atoms with Crippen LogP contribution in [-0.4, -0.2) is 18.3 Å². The summed E-state index contributed by atoms with van der Waals surface area (Å²) in [4.78, 5) is 0. The second kappa shape index (κ2) is 6.79. The monoisotopic (exact) mass is 342 g/mol. The molecule has 2 aliphatic rings. The summed E-state index contributed by atoms with van der Waals surface area (Å²) in [5.74, 6) is 1.89. The molecule has 1 fully saturated rings. The van der Waals surface area contributed by atoms with E-state index in [1.807, 2.05) is 0 Å². The Morgan fingerprint density at radius 2 is 2.00 bits per heavy atom. The second-order valence-electron chi connectivity index (χ2n) is 8.90. The SMILES string of the molecule is CCCOc1cc2c(cc1C(C)C)C=CC1[C@@](C)(CO)CCC[C@]21C. The highest BCUT2D eigenvalue weighted by Crippen LogP contribution is 2.56. The summed E-state index contributed by atoms with van der Waals surface area (Å²) in [5, 5.41) is 10.1. The Morgan fingerprint density at radius 3 is 2.64 bits per heavy atom. The molecule has 0 spiro atoms. The first kappa shape index (κ1) is 18.5. The first-order valence-electron chi connectivity index (χ1n) is 9.96. The molecule has 1 aromatic rings. The van der Waals surface area contributed by atoms with E-state index in [1.54, 1.807) is 0 Å². The number of rotatable bonds is 5. The lowest BCUT2D eigenvalue weighted by Gasteiger charge is -2.53. The van der Waals surface area contributed by atoms with Gasteiger partial charge in [0, 0.05) is 12.0 Å². The van der Waals surface area contributed by atoms with Crippen molar-refractivity contribution in [3.63, 3.8) is 0 Å². The molecular formula is C23H34O2. The fraction of sp³-hybridized carbons (Fsp3) is 0.652. The number of benzene rings is 1. The van der Waals surface area contributed by atoms with Crippen molar-refractivity contribution >= 4 is 6.08 Å². The molecule has 1 aromatic carbocycles. The van der Waals surface area contributed by atoms with E-state index < -0.39 is 0 Å². The number of fused-ring (bicyclic) bond motifs is 3. The predicted molar refractivity (Wildman–Crippen MR) is 105 cm³/mol. The lowest BCUT2D eigenvalue weighted by molar-refractivity contribution is 0.0170. The van der Waals surface area contributed by atoms with E-state index in [9.17, 15) is 5.11 Å². The van der Waals surface area contributed by atoms with Crippen molar-refractivity contribution in [3.8, 4) is 5.75 Å². The minimum absolute atomic E-state index is 0.0254. The Morgan fingerprint density at radius 1 is 1.24 bits per heavy atom. The van der Waals surface area contributed by atoms with E-state index in [4.69, 9.17) is 4.74 Å². The van der Waals surface area contributed by atoms with Gasteiger partial charge < -0.3 is 9.84 Å². The average molecular weight is 343 g/mol. The summed E-state index contributed by atoms with van der Waals surface area (Å²) in [6, 6.07) is 4.66. The van der Waals surface area contributed by atoms with Crippen molar-refractivity contribution in [2.75, 3.05) is 13.2 Å². The van der Waals surface area contributed by atoms with Crippen molar-refractivity contribution in [2.24, 2.45) is 11.3 Å². The summed E-state index contributed by atoms with van der Waals surface area (Å²) in [7, 11) is 0. The van der Waals surface area contributed by atoms with E-state index in [2.05, 4.69) is 58.9 Å². The minimum atomic E-state index is -0.0254. The van der Waals surface area contributed by atoms with E-state index in [0.29, 0.717) is 11.8 Å². The van der Waals surface area contributed by atoms with Crippen LogP contribution in [0.25, 0.3) is 6.08 Å². The third-order valence-electron chi connectivity index (χ3n) is 6.59. The number of hydrogen-bond donors (Lipinski definition) is 1. The zero-order valence-electron chi connectivity index (χ0n) is 16.6. The highest BCUT2D eigenvalue weighted by Gasteiger charge is 2.50. The molecule has 138 valence electrons. The summed E-state index contributed by atoms with van der Waals surface area (Å²) < 4.78 is 6.14. The second-order valence-corrected chi connectivity index (χ2v) is 8.90. The quantitative estimate of drug-likeness (QED) is 0.745. The maximum Gasteiger partial charge on any atom is 0.123 e. The van der Waals surface area contributed by atoms with E-state index >= 15 is 0 Å². The molecule has 25 heavy (non-hydrogen) atoms. The first-order valence-corrected chi connectivity index (χ1v) is 9.96. The van der Waals surface area contributed by atoms with Crippen LogP contribution in [0.15, 0.2) is 18.2 Å². The molecule has 1 N–H and O–H groups in total. The van der Waals surface area contributed by atoms with Crippen molar-refractivity contribution in [3.05, 3.63) is 34.9 Å². The Hall–Kier alpha value is -1.28. The van der Waals surface area contributed by atoms with Gasteiger partial charge in [-0.15, -0.1) is 0 Å². The normalized spacial score (nSPS) is 30.9.